The van der Waals surface area contributed by atoms with Gasteiger partial charge < -0.3 is 29.9 Å². The third-order valence-corrected chi connectivity index (χ3v) is 3.99. The fraction of sp³-hybridized carbons (Fsp3) is 0.235. The van der Waals surface area contributed by atoms with Gasteiger partial charge in [0, 0.05) is 6.07 Å². The largest absolute Gasteiger partial charge is 0.507 e. The van der Waals surface area contributed by atoms with Crippen LogP contribution in [-0.4, -0.2) is 39.9 Å². The number of ketones is 1. The molecule has 0 aliphatic carbocycles. The first-order valence-electron chi connectivity index (χ1n) is 7.23. The lowest BCUT2D eigenvalue weighted by Gasteiger charge is -2.26. The Hall–Kier alpha value is -3.09. The first kappa shape index (κ1) is 15.8. The summed E-state index contributed by atoms with van der Waals surface area (Å²) >= 11 is 0. The van der Waals surface area contributed by atoms with Gasteiger partial charge in [-0.1, -0.05) is 6.07 Å². The zero-order valence-corrected chi connectivity index (χ0v) is 12.8. The number of aromatic hydroxyl groups is 4. The van der Waals surface area contributed by atoms with Crippen molar-refractivity contribution in [1.29, 1.82) is 0 Å². The van der Waals surface area contributed by atoms with Gasteiger partial charge in [-0.2, -0.15) is 0 Å². The van der Waals surface area contributed by atoms with Crippen LogP contribution in [0.15, 0.2) is 24.3 Å². The number of carbonyl (C=O) groups is 1. The van der Waals surface area contributed by atoms with Gasteiger partial charge in [0.05, 0.1) is 19.6 Å². The first-order chi connectivity index (χ1) is 11.4. The second-order valence-corrected chi connectivity index (χ2v) is 5.55. The van der Waals surface area contributed by atoms with E-state index in [0.717, 1.165) is 6.07 Å². The molecule has 4 N–H and O–H groups in total. The molecule has 1 aliphatic rings. The van der Waals surface area contributed by atoms with Crippen LogP contribution in [0.1, 0.15) is 15.9 Å². The molecule has 0 saturated carbocycles. The minimum absolute atomic E-state index is 0.00758. The van der Waals surface area contributed by atoms with Crippen LogP contribution in [-0.2, 0) is 6.42 Å². The Kier molecular flexibility index (Phi) is 3.84. The highest BCUT2D eigenvalue weighted by molar-refractivity contribution is 6.05. The molecule has 0 amide bonds. The molecule has 3 rings (SSSR count). The Balaban J connectivity index is 1.92. The molecule has 24 heavy (non-hydrogen) atoms. The van der Waals surface area contributed by atoms with Gasteiger partial charge in [0.2, 0.25) is 5.75 Å². The number of fused-ring (bicyclic) bond motifs is 1. The summed E-state index contributed by atoms with van der Waals surface area (Å²) in [5, 5.41) is 39.0. The highest BCUT2D eigenvalue weighted by Crippen LogP contribution is 2.47. The Labute approximate surface area is 137 Å². The Morgan fingerprint density at radius 2 is 1.88 bits per heavy atom. The van der Waals surface area contributed by atoms with E-state index in [0.29, 0.717) is 5.56 Å². The molecule has 2 aromatic carbocycles. The molecule has 0 saturated heterocycles. The van der Waals surface area contributed by atoms with E-state index in [1.54, 1.807) is 6.07 Å². The predicted molar refractivity (Wildman–Crippen MR) is 83.1 cm³/mol. The molecule has 1 heterocycles. The van der Waals surface area contributed by atoms with Crippen molar-refractivity contribution in [3.63, 3.8) is 0 Å². The number of ether oxygens (including phenoxy) is 2. The van der Waals surface area contributed by atoms with Crippen molar-refractivity contribution >= 4 is 5.78 Å². The standard InChI is InChI=1S/C17H16O7/c1-23-13-6-12(20)14-15(21)9(7-24-17(14)16(13)22)4-8-2-3-10(18)11(19)5-8/h2-3,5-6,9,18-20,22H,4,7H2,1H3/t9-/m0/s1. The molecule has 1 aliphatic heterocycles. The van der Waals surface area contributed by atoms with Gasteiger partial charge in [0.1, 0.15) is 11.3 Å². The van der Waals surface area contributed by atoms with Gasteiger partial charge >= 0.3 is 0 Å². The zero-order valence-electron chi connectivity index (χ0n) is 12.8. The van der Waals surface area contributed by atoms with Crippen molar-refractivity contribution in [3.8, 4) is 34.5 Å². The van der Waals surface area contributed by atoms with E-state index in [4.69, 9.17) is 9.47 Å². The minimum atomic E-state index is -0.597. The second kappa shape index (κ2) is 5.84. The van der Waals surface area contributed by atoms with E-state index >= 15 is 0 Å². The van der Waals surface area contributed by atoms with Crippen LogP contribution < -0.4 is 9.47 Å². The molecule has 0 spiro atoms. The van der Waals surface area contributed by atoms with Crippen molar-refractivity contribution in [2.75, 3.05) is 13.7 Å². The molecule has 0 aromatic heterocycles. The maximum absolute atomic E-state index is 12.6. The molecular weight excluding hydrogens is 316 g/mol. The number of Topliss-reactive ketones (excluding diaryl/α,β-unsaturated/α-hetero) is 1. The summed E-state index contributed by atoms with van der Waals surface area (Å²) in [5.74, 6) is -2.24. The molecule has 126 valence electrons. The monoisotopic (exact) mass is 332 g/mol. The molecule has 0 fully saturated rings. The SMILES string of the molecule is COc1cc(O)c2c(c1O)OC[C@H](Cc1ccc(O)c(O)c1)C2=O. The fourth-order valence-electron chi connectivity index (χ4n) is 2.74. The summed E-state index contributed by atoms with van der Waals surface area (Å²) in [6, 6.07) is 5.44. The normalized spacial score (nSPS) is 16.4. The summed E-state index contributed by atoms with van der Waals surface area (Å²) in [7, 11) is 1.33. The number of carbonyl (C=O) groups excluding carboxylic acids is 1. The maximum Gasteiger partial charge on any atom is 0.201 e. The summed E-state index contributed by atoms with van der Waals surface area (Å²) in [5.41, 5.74) is 0.542. The Morgan fingerprint density at radius 1 is 1.12 bits per heavy atom. The van der Waals surface area contributed by atoms with Crippen LogP contribution in [0.2, 0.25) is 0 Å². The lowest BCUT2D eigenvalue weighted by molar-refractivity contribution is 0.0820. The van der Waals surface area contributed by atoms with E-state index in [1.165, 1.54) is 19.2 Å². The third-order valence-electron chi connectivity index (χ3n) is 3.99. The van der Waals surface area contributed by atoms with E-state index in [2.05, 4.69) is 0 Å². The van der Waals surface area contributed by atoms with Crippen molar-refractivity contribution in [2.45, 2.75) is 6.42 Å². The second-order valence-electron chi connectivity index (χ2n) is 5.55. The van der Waals surface area contributed by atoms with E-state index in [1.807, 2.05) is 0 Å². The molecule has 0 radical (unpaired) electrons. The molecule has 7 nitrogen and oxygen atoms in total. The summed E-state index contributed by atoms with van der Waals surface area (Å²) in [6.07, 6.45) is 0.248. The van der Waals surface area contributed by atoms with Crippen LogP contribution >= 0.6 is 0 Å². The average Bonchev–Trinajstić information content (AvgIpc) is 2.56. The summed E-state index contributed by atoms with van der Waals surface area (Å²) in [6.45, 7) is 0.00758. The highest BCUT2D eigenvalue weighted by Gasteiger charge is 2.35. The number of hydrogen-bond acceptors (Lipinski definition) is 7. The highest BCUT2D eigenvalue weighted by atomic mass is 16.5. The van der Waals surface area contributed by atoms with Gasteiger partial charge in [-0.3, -0.25) is 4.79 Å². The Morgan fingerprint density at radius 3 is 2.54 bits per heavy atom. The minimum Gasteiger partial charge on any atom is -0.507 e. The quantitative estimate of drug-likeness (QED) is 0.501. The predicted octanol–water partition coefficient (Wildman–Crippen LogP) is 1.95. The molecule has 2 aromatic rings. The van der Waals surface area contributed by atoms with Gasteiger partial charge in [-0.15, -0.1) is 0 Å². The zero-order chi connectivity index (χ0) is 17.4. The smallest absolute Gasteiger partial charge is 0.201 e. The number of phenols is 4. The maximum atomic E-state index is 12.6. The molecule has 7 heteroatoms. The topological polar surface area (TPSA) is 116 Å². The number of benzene rings is 2. The Bertz CT molecular complexity index is 813. The summed E-state index contributed by atoms with van der Waals surface area (Å²) in [4.78, 5) is 12.6. The van der Waals surface area contributed by atoms with Gasteiger partial charge in [0.25, 0.3) is 0 Å². The molecule has 1 atom stereocenters. The van der Waals surface area contributed by atoms with Crippen LogP contribution in [0.4, 0.5) is 0 Å². The number of phenolic OH excluding ortho intramolecular Hbond substituents is 4. The van der Waals surface area contributed by atoms with Crippen molar-refractivity contribution in [3.05, 3.63) is 35.4 Å². The number of rotatable bonds is 3. The fourth-order valence-corrected chi connectivity index (χ4v) is 2.74. The molecule has 0 unspecified atom stereocenters. The number of methoxy groups -OCH3 is 1. The molecule has 0 bridgehead atoms. The molecular formula is C17H16O7. The van der Waals surface area contributed by atoms with E-state index in [-0.39, 0.29) is 58.9 Å². The van der Waals surface area contributed by atoms with Crippen LogP contribution in [0, 0.1) is 5.92 Å². The van der Waals surface area contributed by atoms with Crippen molar-refractivity contribution in [1.82, 2.24) is 0 Å². The van der Waals surface area contributed by atoms with Crippen LogP contribution in [0.25, 0.3) is 0 Å². The van der Waals surface area contributed by atoms with E-state index in [9.17, 15) is 25.2 Å². The summed E-state index contributed by atoms with van der Waals surface area (Å²) < 4.78 is 10.4. The van der Waals surface area contributed by atoms with Gasteiger partial charge in [-0.25, -0.2) is 0 Å². The van der Waals surface area contributed by atoms with Crippen molar-refractivity contribution in [2.24, 2.45) is 5.92 Å². The van der Waals surface area contributed by atoms with E-state index < -0.39 is 5.92 Å². The third kappa shape index (κ3) is 2.54. The van der Waals surface area contributed by atoms with Gasteiger partial charge in [-0.05, 0) is 24.1 Å². The van der Waals surface area contributed by atoms with Crippen molar-refractivity contribution < 1.29 is 34.7 Å². The lowest BCUT2D eigenvalue weighted by Crippen LogP contribution is -2.29. The average molecular weight is 332 g/mol. The van der Waals surface area contributed by atoms with Crippen LogP contribution in [0.3, 0.4) is 0 Å². The number of hydrogen-bond donors (Lipinski definition) is 4. The lowest BCUT2D eigenvalue weighted by atomic mass is 9.88. The van der Waals surface area contributed by atoms with Gasteiger partial charge in [0.15, 0.2) is 28.8 Å². The first-order valence-corrected chi connectivity index (χ1v) is 7.23. The van der Waals surface area contributed by atoms with Crippen LogP contribution in [0.5, 0.6) is 34.5 Å².